The Balaban J connectivity index is 2.06. The SMILES string of the molecule is CC(C)c1nc2cc(C3(C(C)N)CC3)ccc2o1. The molecule has 1 saturated carbocycles. The van der Waals surface area contributed by atoms with Gasteiger partial charge in [0.15, 0.2) is 11.5 Å². The molecule has 18 heavy (non-hydrogen) atoms. The zero-order valence-corrected chi connectivity index (χ0v) is 11.2. The van der Waals surface area contributed by atoms with Crippen molar-refractivity contribution < 1.29 is 4.42 Å². The van der Waals surface area contributed by atoms with Crippen molar-refractivity contribution in [3.8, 4) is 0 Å². The Labute approximate surface area is 107 Å². The summed E-state index contributed by atoms with van der Waals surface area (Å²) >= 11 is 0. The van der Waals surface area contributed by atoms with Gasteiger partial charge in [-0.1, -0.05) is 19.9 Å². The highest BCUT2D eigenvalue weighted by Crippen LogP contribution is 2.50. The second kappa shape index (κ2) is 3.82. The first-order valence-corrected chi connectivity index (χ1v) is 6.69. The van der Waals surface area contributed by atoms with E-state index in [0.717, 1.165) is 17.0 Å². The monoisotopic (exact) mass is 244 g/mol. The van der Waals surface area contributed by atoms with Gasteiger partial charge in [0.1, 0.15) is 5.52 Å². The number of benzene rings is 1. The summed E-state index contributed by atoms with van der Waals surface area (Å²) in [5, 5.41) is 0. The highest BCUT2D eigenvalue weighted by atomic mass is 16.3. The molecular formula is C15H20N2O. The van der Waals surface area contributed by atoms with Crippen LogP contribution in [0.3, 0.4) is 0 Å². The van der Waals surface area contributed by atoms with Gasteiger partial charge in [-0.25, -0.2) is 4.98 Å². The van der Waals surface area contributed by atoms with Gasteiger partial charge in [0.2, 0.25) is 0 Å². The highest BCUT2D eigenvalue weighted by Gasteiger charge is 2.47. The molecule has 1 unspecified atom stereocenters. The van der Waals surface area contributed by atoms with E-state index in [2.05, 4.69) is 37.9 Å². The molecule has 1 aromatic heterocycles. The number of hydrogen-bond donors (Lipinski definition) is 1. The van der Waals surface area contributed by atoms with Crippen molar-refractivity contribution in [3.63, 3.8) is 0 Å². The molecule has 0 radical (unpaired) electrons. The number of rotatable bonds is 3. The summed E-state index contributed by atoms with van der Waals surface area (Å²) in [4.78, 5) is 4.57. The van der Waals surface area contributed by atoms with Gasteiger partial charge < -0.3 is 10.2 Å². The fraction of sp³-hybridized carbons (Fsp3) is 0.533. The van der Waals surface area contributed by atoms with Gasteiger partial charge in [-0.05, 0) is 37.5 Å². The third kappa shape index (κ3) is 1.65. The van der Waals surface area contributed by atoms with E-state index in [1.165, 1.54) is 18.4 Å². The van der Waals surface area contributed by atoms with E-state index in [1.807, 2.05) is 6.07 Å². The summed E-state index contributed by atoms with van der Waals surface area (Å²) in [6, 6.07) is 6.53. The topological polar surface area (TPSA) is 52.0 Å². The van der Waals surface area contributed by atoms with Crippen molar-refractivity contribution in [2.24, 2.45) is 5.73 Å². The van der Waals surface area contributed by atoms with Crippen LogP contribution in [0.1, 0.15) is 51.0 Å². The van der Waals surface area contributed by atoms with Crippen LogP contribution >= 0.6 is 0 Å². The van der Waals surface area contributed by atoms with Crippen LogP contribution in [0.5, 0.6) is 0 Å². The predicted octanol–water partition coefficient (Wildman–Crippen LogP) is 3.33. The smallest absolute Gasteiger partial charge is 0.198 e. The van der Waals surface area contributed by atoms with E-state index in [1.54, 1.807) is 0 Å². The Morgan fingerprint density at radius 1 is 1.28 bits per heavy atom. The van der Waals surface area contributed by atoms with Gasteiger partial charge in [0, 0.05) is 17.4 Å². The Hall–Kier alpha value is -1.35. The quantitative estimate of drug-likeness (QED) is 0.901. The molecule has 3 rings (SSSR count). The summed E-state index contributed by atoms with van der Waals surface area (Å²) in [6.07, 6.45) is 2.37. The fourth-order valence-electron chi connectivity index (χ4n) is 2.64. The summed E-state index contributed by atoms with van der Waals surface area (Å²) < 4.78 is 5.74. The molecule has 96 valence electrons. The Morgan fingerprint density at radius 3 is 2.56 bits per heavy atom. The van der Waals surface area contributed by atoms with E-state index < -0.39 is 0 Å². The van der Waals surface area contributed by atoms with E-state index in [-0.39, 0.29) is 11.5 Å². The average molecular weight is 244 g/mol. The highest BCUT2D eigenvalue weighted by molar-refractivity contribution is 5.74. The summed E-state index contributed by atoms with van der Waals surface area (Å²) in [6.45, 7) is 6.28. The third-order valence-electron chi connectivity index (χ3n) is 4.13. The minimum atomic E-state index is 0.186. The fourth-order valence-corrected chi connectivity index (χ4v) is 2.64. The van der Waals surface area contributed by atoms with E-state index >= 15 is 0 Å². The standard InChI is InChI=1S/C15H20N2O/c1-9(2)14-17-12-8-11(4-5-13(12)18-14)15(6-7-15)10(3)16/h4-5,8-10H,6-7,16H2,1-3H3. The maximum atomic E-state index is 6.12. The lowest BCUT2D eigenvalue weighted by Gasteiger charge is -2.19. The number of aromatic nitrogens is 1. The van der Waals surface area contributed by atoms with Gasteiger partial charge in [-0.3, -0.25) is 0 Å². The first kappa shape index (κ1) is 11.7. The molecule has 1 aromatic carbocycles. The number of fused-ring (bicyclic) bond motifs is 1. The number of hydrogen-bond acceptors (Lipinski definition) is 3. The van der Waals surface area contributed by atoms with Crippen molar-refractivity contribution in [2.45, 2.75) is 51.0 Å². The van der Waals surface area contributed by atoms with Crippen LogP contribution in [-0.2, 0) is 5.41 Å². The van der Waals surface area contributed by atoms with Crippen LogP contribution in [0.4, 0.5) is 0 Å². The largest absolute Gasteiger partial charge is 0.440 e. The van der Waals surface area contributed by atoms with Gasteiger partial charge in [0.05, 0.1) is 0 Å². The Morgan fingerprint density at radius 2 is 2.00 bits per heavy atom. The molecule has 1 aliphatic rings. The zero-order valence-electron chi connectivity index (χ0n) is 11.2. The first-order valence-electron chi connectivity index (χ1n) is 6.69. The molecule has 2 N–H and O–H groups in total. The molecule has 0 aliphatic heterocycles. The molecule has 0 spiro atoms. The van der Waals surface area contributed by atoms with Crippen molar-refractivity contribution >= 4 is 11.1 Å². The van der Waals surface area contributed by atoms with E-state index in [4.69, 9.17) is 10.2 Å². The van der Waals surface area contributed by atoms with Crippen LogP contribution in [0.15, 0.2) is 22.6 Å². The minimum absolute atomic E-state index is 0.186. The van der Waals surface area contributed by atoms with Crippen molar-refractivity contribution in [3.05, 3.63) is 29.7 Å². The molecule has 2 aromatic rings. The normalized spacial score (nSPS) is 19.4. The lowest BCUT2D eigenvalue weighted by atomic mass is 9.89. The lowest BCUT2D eigenvalue weighted by molar-refractivity contribution is 0.501. The summed E-state index contributed by atoms with van der Waals surface area (Å²) in [5.41, 5.74) is 9.46. The summed E-state index contributed by atoms with van der Waals surface area (Å²) in [7, 11) is 0. The lowest BCUT2D eigenvalue weighted by Crippen LogP contribution is -2.31. The van der Waals surface area contributed by atoms with E-state index in [0.29, 0.717) is 5.92 Å². The molecule has 1 heterocycles. The second-order valence-electron chi connectivity index (χ2n) is 5.83. The molecular weight excluding hydrogens is 224 g/mol. The molecule has 0 saturated heterocycles. The van der Waals surface area contributed by atoms with Gasteiger partial charge in [0.25, 0.3) is 0 Å². The zero-order chi connectivity index (χ0) is 12.9. The first-order chi connectivity index (χ1) is 8.53. The van der Waals surface area contributed by atoms with E-state index in [9.17, 15) is 0 Å². The van der Waals surface area contributed by atoms with Crippen LogP contribution in [0.25, 0.3) is 11.1 Å². The average Bonchev–Trinajstić information content (AvgIpc) is 3.02. The van der Waals surface area contributed by atoms with Crippen LogP contribution in [0, 0.1) is 0 Å². The number of nitrogens with zero attached hydrogens (tertiary/aromatic N) is 1. The molecule has 3 heteroatoms. The van der Waals surface area contributed by atoms with Crippen molar-refractivity contribution in [2.75, 3.05) is 0 Å². The molecule has 0 amide bonds. The number of nitrogens with two attached hydrogens (primary N) is 1. The third-order valence-corrected chi connectivity index (χ3v) is 4.13. The predicted molar refractivity (Wildman–Crippen MR) is 72.7 cm³/mol. The van der Waals surface area contributed by atoms with Crippen molar-refractivity contribution in [1.29, 1.82) is 0 Å². The molecule has 1 aliphatic carbocycles. The maximum absolute atomic E-state index is 6.12. The maximum Gasteiger partial charge on any atom is 0.198 e. The van der Waals surface area contributed by atoms with Crippen molar-refractivity contribution in [1.82, 2.24) is 4.98 Å². The van der Waals surface area contributed by atoms with Crippen LogP contribution in [-0.4, -0.2) is 11.0 Å². The number of oxazole rings is 1. The van der Waals surface area contributed by atoms with Crippen LogP contribution in [0.2, 0.25) is 0 Å². The van der Waals surface area contributed by atoms with Gasteiger partial charge in [-0.15, -0.1) is 0 Å². The van der Waals surface area contributed by atoms with Gasteiger partial charge in [-0.2, -0.15) is 0 Å². The Kier molecular flexibility index (Phi) is 2.49. The Bertz CT molecular complexity index is 579. The van der Waals surface area contributed by atoms with Crippen LogP contribution < -0.4 is 5.73 Å². The molecule has 3 nitrogen and oxygen atoms in total. The second-order valence-corrected chi connectivity index (χ2v) is 5.83. The molecule has 1 atom stereocenters. The molecule has 1 fully saturated rings. The van der Waals surface area contributed by atoms with Gasteiger partial charge >= 0.3 is 0 Å². The molecule has 0 bridgehead atoms. The minimum Gasteiger partial charge on any atom is -0.440 e. The summed E-state index contributed by atoms with van der Waals surface area (Å²) in [5.74, 6) is 1.14.